The molecule has 0 N–H and O–H groups in total. The summed E-state index contributed by atoms with van der Waals surface area (Å²) in [6.45, 7) is 0. The Morgan fingerprint density at radius 1 is 1.17 bits per heavy atom. The summed E-state index contributed by atoms with van der Waals surface area (Å²) in [5.74, 6) is -0.218. The van der Waals surface area contributed by atoms with Gasteiger partial charge in [-0.05, 0) is 30.0 Å². The number of nitrogens with zero attached hydrogens (tertiary/aromatic N) is 2. The molecule has 0 fully saturated rings. The molecule has 0 saturated heterocycles. The molecule has 90 valence electrons. The molecule has 0 spiro atoms. The molecule has 18 heavy (non-hydrogen) atoms. The highest BCUT2D eigenvalue weighted by molar-refractivity contribution is 7.98. The first-order chi connectivity index (χ1) is 8.78. The minimum absolute atomic E-state index is 0.218. The fourth-order valence-electron chi connectivity index (χ4n) is 1.73. The maximum Gasteiger partial charge on any atom is 0.123 e. The molecule has 0 unspecified atom stereocenters. The summed E-state index contributed by atoms with van der Waals surface area (Å²) in [6, 6.07) is 8.54. The van der Waals surface area contributed by atoms with Crippen LogP contribution in [0.5, 0.6) is 0 Å². The topological polar surface area (TPSA) is 25.8 Å². The number of hydrogen-bond donors (Lipinski definition) is 0. The molecule has 0 aliphatic heterocycles. The lowest BCUT2D eigenvalue weighted by Gasteiger charge is -1.95. The third-order valence-corrected chi connectivity index (χ3v) is 4.61. The maximum atomic E-state index is 12.9. The van der Waals surface area contributed by atoms with E-state index in [-0.39, 0.29) is 5.82 Å². The third kappa shape index (κ3) is 2.00. The summed E-state index contributed by atoms with van der Waals surface area (Å²) >= 11 is 3.25. The van der Waals surface area contributed by atoms with Crippen molar-refractivity contribution in [3.8, 4) is 10.4 Å². The van der Waals surface area contributed by atoms with E-state index in [1.54, 1.807) is 41.6 Å². The fourth-order valence-corrected chi connectivity index (χ4v) is 3.55. The second-order valence-corrected chi connectivity index (χ2v) is 5.56. The number of hydrogen-bond acceptors (Lipinski definition) is 4. The Balaban J connectivity index is 2.16. The summed E-state index contributed by atoms with van der Waals surface area (Å²) in [4.78, 5) is 9.60. The number of halogens is 1. The highest BCUT2D eigenvalue weighted by atomic mass is 32.2. The Bertz CT molecular complexity index is 692. The van der Waals surface area contributed by atoms with Gasteiger partial charge in [0.25, 0.3) is 0 Å². The normalized spacial score (nSPS) is 11.0. The zero-order valence-electron chi connectivity index (χ0n) is 9.55. The van der Waals surface area contributed by atoms with Crippen molar-refractivity contribution in [1.29, 1.82) is 0 Å². The lowest BCUT2D eigenvalue weighted by molar-refractivity contribution is 0.628. The number of aromatic nitrogens is 2. The van der Waals surface area contributed by atoms with E-state index in [2.05, 4.69) is 9.97 Å². The van der Waals surface area contributed by atoms with Crippen molar-refractivity contribution in [2.45, 2.75) is 5.03 Å². The molecule has 2 heterocycles. The maximum absolute atomic E-state index is 12.9. The second-order valence-electron chi connectivity index (χ2n) is 3.71. The minimum atomic E-state index is -0.218. The molecule has 0 aliphatic carbocycles. The summed E-state index contributed by atoms with van der Waals surface area (Å²) in [5, 5.41) is 0.985. The van der Waals surface area contributed by atoms with Crippen LogP contribution in [0.1, 0.15) is 0 Å². The lowest BCUT2D eigenvalue weighted by Crippen LogP contribution is -1.80. The Hall–Kier alpha value is -1.46. The van der Waals surface area contributed by atoms with Crippen molar-refractivity contribution < 1.29 is 4.39 Å². The first-order valence-electron chi connectivity index (χ1n) is 5.32. The Morgan fingerprint density at radius 2 is 1.94 bits per heavy atom. The van der Waals surface area contributed by atoms with Gasteiger partial charge in [0.2, 0.25) is 0 Å². The molecule has 0 aliphatic rings. The third-order valence-electron chi connectivity index (χ3n) is 2.60. The van der Waals surface area contributed by atoms with Crippen LogP contribution < -0.4 is 0 Å². The van der Waals surface area contributed by atoms with Crippen LogP contribution in [0.25, 0.3) is 20.7 Å². The fraction of sp³-hybridized carbons (Fsp3) is 0.0769. The molecule has 0 amide bonds. The first-order valence-corrected chi connectivity index (χ1v) is 7.36. The molecule has 3 rings (SSSR count). The summed E-state index contributed by atoms with van der Waals surface area (Å²) < 4.78 is 14.0. The Morgan fingerprint density at radius 3 is 2.67 bits per heavy atom. The predicted octanol–water partition coefficient (Wildman–Crippen LogP) is 4.22. The van der Waals surface area contributed by atoms with E-state index in [1.165, 1.54) is 12.1 Å². The van der Waals surface area contributed by atoms with Crippen LogP contribution in [0.4, 0.5) is 4.39 Å². The zero-order chi connectivity index (χ0) is 12.5. The molecular formula is C13H9FN2S2. The Kier molecular flexibility index (Phi) is 3.01. The SMILES string of the molecule is CSc1ncnc2cc(-c3ccc(F)cc3)sc12. The summed E-state index contributed by atoms with van der Waals surface area (Å²) in [5.41, 5.74) is 1.95. The van der Waals surface area contributed by atoms with Crippen LogP contribution in [-0.2, 0) is 0 Å². The zero-order valence-corrected chi connectivity index (χ0v) is 11.2. The quantitative estimate of drug-likeness (QED) is 0.517. The molecule has 1 aromatic carbocycles. The van der Waals surface area contributed by atoms with Crippen LogP contribution in [0, 0.1) is 5.82 Å². The number of benzene rings is 1. The van der Waals surface area contributed by atoms with Gasteiger partial charge in [-0.25, -0.2) is 14.4 Å². The number of thioether (sulfide) groups is 1. The molecule has 3 aromatic rings. The molecule has 0 atom stereocenters. The molecule has 5 heteroatoms. The highest BCUT2D eigenvalue weighted by Gasteiger charge is 2.09. The van der Waals surface area contributed by atoms with Gasteiger partial charge in [-0.2, -0.15) is 0 Å². The van der Waals surface area contributed by atoms with E-state index in [1.807, 2.05) is 12.3 Å². The van der Waals surface area contributed by atoms with Crippen molar-refractivity contribution in [3.05, 3.63) is 42.5 Å². The largest absolute Gasteiger partial charge is 0.235 e. The van der Waals surface area contributed by atoms with E-state index in [0.717, 1.165) is 25.7 Å². The Labute approximate surface area is 112 Å². The molecule has 2 nitrogen and oxygen atoms in total. The van der Waals surface area contributed by atoms with E-state index in [0.29, 0.717) is 0 Å². The van der Waals surface area contributed by atoms with Gasteiger partial charge in [0.15, 0.2) is 0 Å². The van der Waals surface area contributed by atoms with Crippen molar-refractivity contribution >= 4 is 33.3 Å². The summed E-state index contributed by atoms with van der Waals surface area (Å²) in [7, 11) is 0. The van der Waals surface area contributed by atoms with E-state index in [9.17, 15) is 4.39 Å². The van der Waals surface area contributed by atoms with Gasteiger partial charge in [-0.15, -0.1) is 23.1 Å². The van der Waals surface area contributed by atoms with Crippen molar-refractivity contribution in [1.82, 2.24) is 9.97 Å². The first kappa shape index (κ1) is 11.6. The van der Waals surface area contributed by atoms with Crippen molar-refractivity contribution in [2.75, 3.05) is 6.26 Å². The highest BCUT2D eigenvalue weighted by Crippen LogP contribution is 2.36. The van der Waals surface area contributed by atoms with Gasteiger partial charge >= 0.3 is 0 Å². The average Bonchev–Trinajstić information content (AvgIpc) is 2.83. The molecule has 0 bridgehead atoms. The van der Waals surface area contributed by atoms with Crippen LogP contribution >= 0.6 is 23.1 Å². The lowest BCUT2D eigenvalue weighted by atomic mass is 10.2. The van der Waals surface area contributed by atoms with Crippen molar-refractivity contribution in [2.24, 2.45) is 0 Å². The van der Waals surface area contributed by atoms with Crippen molar-refractivity contribution in [3.63, 3.8) is 0 Å². The number of rotatable bonds is 2. The minimum Gasteiger partial charge on any atom is -0.235 e. The van der Waals surface area contributed by atoms with Gasteiger partial charge in [-0.1, -0.05) is 12.1 Å². The number of fused-ring (bicyclic) bond motifs is 1. The molecule has 0 radical (unpaired) electrons. The van der Waals surface area contributed by atoms with E-state index in [4.69, 9.17) is 0 Å². The smallest absolute Gasteiger partial charge is 0.123 e. The molecule has 0 saturated carbocycles. The van der Waals surface area contributed by atoms with E-state index >= 15 is 0 Å². The standard InChI is InChI=1S/C13H9FN2S2/c1-17-13-12-10(15-7-16-13)6-11(18-12)8-2-4-9(14)5-3-8/h2-7H,1H3. The monoisotopic (exact) mass is 276 g/mol. The van der Waals surface area contributed by atoms with Crippen LogP contribution in [-0.4, -0.2) is 16.2 Å². The predicted molar refractivity (Wildman–Crippen MR) is 74.6 cm³/mol. The van der Waals surface area contributed by atoms with Crippen LogP contribution in [0.3, 0.4) is 0 Å². The van der Waals surface area contributed by atoms with Gasteiger partial charge < -0.3 is 0 Å². The van der Waals surface area contributed by atoms with Gasteiger partial charge in [-0.3, -0.25) is 0 Å². The number of thiophene rings is 1. The van der Waals surface area contributed by atoms with Gasteiger partial charge in [0.1, 0.15) is 17.2 Å². The van der Waals surface area contributed by atoms with Gasteiger partial charge in [0, 0.05) is 4.88 Å². The molecular weight excluding hydrogens is 267 g/mol. The average molecular weight is 276 g/mol. The van der Waals surface area contributed by atoms with Gasteiger partial charge in [0.05, 0.1) is 10.2 Å². The second kappa shape index (κ2) is 4.66. The summed E-state index contributed by atoms with van der Waals surface area (Å²) in [6.07, 6.45) is 3.58. The molecule has 2 aromatic heterocycles. The van der Waals surface area contributed by atoms with Crippen LogP contribution in [0.2, 0.25) is 0 Å². The van der Waals surface area contributed by atoms with E-state index < -0.39 is 0 Å². The van der Waals surface area contributed by atoms with Crippen LogP contribution in [0.15, 0.2) is 41.7 Å².